The van der Waals surface area contributed by atoms with Crippen molar-refractivity contribution in [2.24, 2.45) is 5.14 Å². The highest BCUT2D eigenvalue weighted by molar-refractivity contribution is 8.02. The van der Waals surface area contributed by atoms with Gasteiger partial charge < -0.3 is 0 Å². The van der Waals surface area contributed by atoms with Crippen molar-refractivity contribution >= 4 is 27.5 Å². The number of fused-ring (bicyclic) bond motifs is 1. The first-order valence-electron chi connectivity index (χ1n) is 4.95. The second-order valence-electron chi connectivity index (χ2n) is 3.72. The summed E-state index contributed by atoms with van der Waals surface area (Å²) >= 11 is 1.57. The predicted molar refractivity (Wildman–Crippen MR) is 69.6 cm³/mol. The molecule has 0 saturated carbocycles. The van der Waals surface area contributed by atoms with Crippen LogP contribution in [0.2, 0.25) is 0 Å². The molecular weight excluding hydrogens is 256 g/mol. The molecule has 1 aromatic carbocycles. The number of nitrogens with one attached hydrogen (secondary N) is 1. The first kappa shape index (κ1) is 12.4. The second-order valence-corrected chi connectivity index (χ2v) is 6.01. The molecule has 1 aromatic rings. The molecule has 4 nitrogen and oxygen atoms in total. The van der Waals surface area contributed by atoms with Crippen molar-refractivity contribution in [1.82, 2.24) is 4.72 Å². The summed E-state index contributed by atoms with van der Waals surface area (Å²) in [7, 11) is -3.67. The van der Waals surface area contributed by atoms with E-state index in [0.29, 0.717) is 0 Å². The fraction of sp³-hybridized carbons (Fsp3) is 0.182. The molecule has 0 aromatic heterocycles. The lowest BCUT2D eigenvalue weighted by molar-refractivity contribution is 0.588. The minimum Gasteiger partial charge on any atom is -0.216 e. The maximum atomic E-state index is 10.9. The highest BCUT2D eigenvalue weighted by Gasteiger charge is 2.12. The Bertz CT molecular complexity index is 614. The van der Waals surface area contributed by atoms with Crippen LogP contribution < -0.4 is 9.86 Å². The number of nitrogens with two attached hydrogens (primary N) is 1. The van der Waals surface area contributed by atoms with Gasteiger partial charge in [-0.15, -0.1) is 5.73 Å². The van der Waals surface area contributed by atoms with Crippen molar-refractivity contribution in [3.63, 3.8) is 0 Å². The van der Waals surface area contributed by atoms with E-state index < -0.39 is 10.2 Å². The van der Waals surface area contributed by atoms with E-state index in [9.17, 15) is 8.42 Å². The Morgan fingerprint density at radius 1 is 1.47 bits per heavy atom. The standard InChI is InChI=1S/C11H12N2O2S2/c1-8-2-3-11-10(6-8)9(4-5-16-11)7-13-17(12,14)15/h2-3,5-6,13H,7H2,1H3,(H2,12,14,15). The van der Waals surface area contributed by atoms with Crippen LogP contribution in [0, 0.1) is 6.92 Å². The largest absolute Gasteiger partial charge is 0.274 e. The summed E-state index contributed by atoms with van der Waals surface area (Å²) in [5.41, 5.74) is 5.98. The first-order chi connectivity index (χ1) is 7.96. The average molecular weight is 268 g/mol. The van der Waals surface area contributed by atoms with Crippen molar-refractivity contribution in [2.45, 2.75) is 11.8 Å². The van der Waals surface area contributed by atoms with Gasteiger partial charge in [-0.3, -0.25) is 0 Å². The normalized spacial score (nSPS) is 14.4. The van der Waals surface area contributed by atoms with Gasteiger partial charge in [-0.1, -0.05) is 23.4 Å². The number of rotatable bonds is 3. The van der Waals surface area contributed by atoms with E-state index in [1.165, 1.54) is 0 Å². The highest BCUT2D eigenvalue weighted by atomic mass is 32.2. The van der Waals surface area contributed by atoms with Crippen LogP contribution in [0.4, 0.5) is 0 Å². The molecule has 17 heavy (non-hydrogen) atoms. The number of hydrogen-bond acceptors (Lipinski definition) is 3. The summed E-state index contributed by atoms with van der Waals surface area (Å²) < 4.78 is 24.0. The summed E-state index contributed by atoms with van der Waals surface area (Å²) in [4.78, 5) is 1.10. The van der Waals surface area contributed by atoms with Crippen LogP contribution in [0.25, 0.3) is 5.57 Å². The van der Waals surface area contributed by atoms with E-state index >= 15 is 0 Å². The third kappa shape index (κ3) is 3.21. The summed E-state index contributed by atoms with van der Waals surface area (Å²) in [6, 6.07) is 6.06. The number of aryl methyl sites for hydroxylation is 1. The van der Waals surface area contributed by atoms with Crippen molar-refractivity contribution in [3.05, 3.63) is 40.5 Å². The lowest BCUT2D eigenvalue weighted by Gasteiger charge is -2.13. The van der Waals surface area contributed by atoms with Crippen molar-refractivity contribution in [3.8, 4) is 0 Å². The molecule has 0 fully saturated rings. The number of thioether (sulfide) groups is 1. The maximum Gasteiger partial charge on any atom is 0.274 e. The van der Waals surface area contributed by atoms with Gasteiger partial charge >= 0.3 is 0 Å². The van der Waals surface area contributed by atoms with E-state index in [-0.39, 0.29) is 6.54 Å². The summed E-state index contributed by atoms with van der Waals surface area (Å²) in [5, 5.41) is 6.72. The van der Waals surface area contributed by atoms with E-state index in [1.54, 1.807) is 11.8 Å². The third-order valence-corrected chi connectivity index (χ3v) is 3.72. The number of benzene rings is 1. The van der Waals surface area contributed by atoms with Crippen LogP contribution in [0.1, 0.15) is 11.1 Å². The third-order valence-electron chi connectivity index (χ3n) is 2.33. The SMILES string of the molecule is Cc1ccc2c(c1)C(CNS(N)(=O)=O)=C=CS2. The van der Waals surface area contributed by atoms with Crippen LogP contribution in [0.3, 0.4) is 0 Å². The molecule has 0 radical (unpaired) electrons. The Hall–Kier alpha value is -1.04. The lowest BCUT2D eigenvalue weighted by atomic mass is 10.0. The Labute approximate surface area is 105 Å². The average Bonchev–Trinajstić information content (AvgIpc) is 2.25. The van der Waals surface area contributed by atoms with Gasteiger partial charge in [0, 0.05) is 28.0 Å². The molecule has 1 heterocycles. The van der Waals surface area contributed by atoms with Gasteiger partial charge in [0.1, 0.15) is 0 Å². The zero-order valence-corrected chi connectivity index (χ0v) is 10.9. The minimum atomic E-state index is -3.67. The van der Waals surface area contributed by atoms with Gasteiger partial charge in [-0.25, -0.2) is 5.14 Å². The van der Waals surface area contributed by atoms with E-state index in [4.69, 9.17) is 5.14 Å². The molecule has 1 aliphatic rings. The van der Waals surface area contributed by atoms with Crippen molar-refractivity contribution in [2.75, 3.05) is 6.54 Å². The molecule has 3 N–H and O–H groups in total. The maximum absolute atomic E-state index is 10.9. The molecule has 1 aliphatic heterocycles. The van der Waals surface area contributed by atoms with Gasteiger partial charge in [0.2, 0.25) is 0 Å². The zero-order chi connectivity index (χ0) is 12.5. The fourth-order valence-corrected chi connectivity index (χ4v) is 2.67. The van der Waals surface area contributed by atoms with Gasteiger partial charge in [0.15, 0.2) is 0 Å². The van der Waals surface area contributed by atoms with Crippen LogP contribution in [-0.2, 0) is 10.2 Å². The Kier molecular flexibility index (Phi) is 3.42. The molecule has 0 bridgehead atoms. The molecule has 0 atom stereocenters. The summed E-state index contributed by atoms with van der Waals surface area (Å²) in [6.45, 7) is 2.15. The molecule has 0 amide bonds. The Morgan fingerprint density at radius 3 is 2.94 bits per heavy atom. The van der Waals surface area contributed by atoms with Gasteiger partial charge in [0.05, 0.1) is 0 Å². The van der Waals surface area contributed by atoms with E-state index in [2.05, 4.69) is 10.5 Å². The Balaban J connectivity index is 2.31. The monoisotopic (exact) mass is 268 g/mol. The summed E-state index contributed by atoms with van der Waals surface area (Å²) in [5.74, 6) is 0. The van der Waals surface area contributed by atoms with Gasteiger partial charge in [-0.2, -0.15) is 13.1 Å². The molecule has 0 aliphatic carbocycles. The first-order valence-corrected chi connectivity index (χ1v) is 7.37. The van der Waals surface area contributed by atoms with E-state index in [1.807, 2.05) is 30.5 Å². The van der Waals surface area contributed by atoms with Gasteiger partial charge in [0.25, 0.3) is 10.2 Å². The minimum absolute atomic E-state index is 0.159. The number of hydrogen-bond donors (Lipinski definition) is 2. The lowest BCUT2D eigenvalue weighted by Crippen LogP contribution is -2.32. The molecular formula is C11H12N2O2S2. The van der Waals surface area contributed by atoms with Gasteiger partial charge in [-0.05, 0) is 19.1 Å². The fourth-order valence-electron chi connectivity index (χ4n) is 1.54. The van der Waals surface area contributed by atoms with Crippen molar-refractivity contribution < 1.29 is 8.42 Å². The summed E-state index contributed by atoms with van der Waals surface area (Å²) in [6.07, 6.45) is 0. The zero-order valence-electron chi connectivity index (χ0n) is 9.23. The van der Waals surface area contributed by atoms with Crippen LogP contribution in [0.5, 0.6) is 0 Å². The highest BCUT2D eigenvalue weighted by Crippen LogP contribution is 2.32. The molecule has 6 heteroatoms. The van der Waals surface area contributed by atoms with Crippen LogP contribution in [0.15, 0.2) is 34.2 Å². The molecule has 0 spiro atoms. The smallest absolute Gasteiger partial charge is 0.216 e. The molecule has 0 saturated heterocycles. The topological polar surface area (TPSA) is 72.2 Å². The van der Waals surface area contributed by atoms with Crippen molar-refractivity contribution in [1.29, 1.82) is 0 Å². The van der Waals surface area contributed by atoms with Crippen LogP contribution >= 0.6 is 11.8 Å². The van der Waals surface area contributed by atoms with Crippen LogP contribution in [-0.4, -0.2) is 15.0 Å². The van der Waals surface area contributed by atoms with E-state index in [0.717, 1.165) is 21.6 Å². The molecule has 0 unspecified atom stereocenters. The molecule has 2 rings (SSSR count). The quantitative estimate of drug-likeness (QED) is 0.814. The molecule has 90 valence electrons. The Morgan fingerprint density at radius 2 is 2.24 bits per heavy atom. The predicted octanol–water partition coefficient (Wildman–Crippen LogP) is 1.39. The second kappa shape index (κ2) is 4.68.